The smallest absolute Gasteiger partial charge is 0.293 e. The summed E-state index contributed by atoms with van der Waals surface area (Å²) in [6.07, 6.45) is 0. The summed E-state index contributed by atoms with van der Waals surface area (Å²) < 4.78 is 16.0. The molecule has 3 heteroatoms. The molecule has 40 valence electrons. The van der Waals surface area contributed by atoms with Gasteiger partial charge in [0.2, 0.25) is 0 Å². The summed E-state index contributed by atoms with van der Waals surface area (Å²) in [5, 5.41) is 7.84. The maximum Gasteiger partial charge on any atom is 0.293 e. The van der Waals surface area contributed by atoms with Gasteiger partial charge in [-0.05, 0) is 0 Å². The molecule has 0 radical (unpaired) electrons. The van der Waals surface area contributed by atoms with Gasteiger partial charge in [0.25, 0.3) is 5.85 Å². The first-order valence-electron chi connectivity index (χ1n) is 1.77. The van der Waals surface area contributed by atoms with Crippen LogP contribution in [0.3, 0.4) is 0 Å². The molecular formula is C4H6FNO. The zero-order chi connectivity index (χ0) is 5.91. The van der Waals surface area contributed by atoms with Crippen molar-refractivity contribution >= 4 is 0 Å². The molecule has 7 heavy (non-hydrogen) atoms. The van der Waals surface area contributed by atoms with Crippen LogP contribution in [0.5, 0.6) is 0 Å². The van der Waals surface area contributed by atoms with Gasteiger partial charge >= 0.3 is 0 Å². The molecule has 0 heterocycles. The third-order valence-electron chi connectivity index (χ3n) is 0.583. The lowest BCUT2D eigenvalue weighted by Gasteiger charge is -2.05. The molecule has 2 nitrogen and oxygen atoms in total. The fourth-order valence-corrected chi connectivity index (χ4v) is 0.0456. The number of alkyl halides is 1. The zero-order valence-electron chi connectivity index (χ0n) is 4.23. The molecule has 0 aromatic rings. The fraction of sp³-hybridized carbons (Fsp3) is 0.750. The predicted octanol–water partition coefficient (Wildman–Crippen LogP) is 0.842. The molecule has 1 atom stereocenters. The molecule has 0 amide bonds. The van der Waals surface area contributed by atoms with Crippen LogP contribution in [0.2, 0.25) is 0 Å². The van der Waals surface area contributed by atoms with E-state index in [0.717, 1.165) is 14.0 Å². The van der Waals surface area contributed by atoms with Crippen LogP contribution in [-0.4, -0.2) is 13.0 Å². The third kappa shape index (κ3) is 2.12. The minimum absolute atomic E-state index is 1.05. The fourth-order valence-electron chi connectivity index (χ4n) is 0.0456. The second-order valence-electron chi connectivity index (χ2n) is 1.23. The standard InChI is InChI=1S/C4H6FNO/c1-4(5,3-6)7-2/h1-2H3. The quantitative estimate of drug-likeness (QED) is 0.492. The van der Waals surface area contributed by atoms with E-state index in [9.17, 15) is 4.39 Å². The summed E-state index contributed by atoms with van der Waals surface area (Å²) in [7, 11) is 1.14. The molecule has 0 aliphatic heterocycles. The van der Waals surface area contributed by atoms with E-state index in [1.807, 2.05) is 0 Å². The molecule has 0 aromatic carbocycles. The first-order valence-corrected chi connectivity index (χ1v) is 1.77. The highest BCUT2D eigenvalue weighted by Gasteiger charge is 2.19. The lowest BCUT2D eigenvalue weighted by atomic mass is 10.4. The summed E-state index contributed by atoms with van der Waals surface area (Å²) in [6.45, 7) is 1.05. The molecule has 1 unspecified atom stereocenters. The van der Waals surface area contributed by atoms with Gasteiger partial charge in [0.1, 0.15) is 6.07 Å². The summed E-state index contributed by atoms with van der Waals surface area (Å²) in [6, 6.07) is 1.30. The van der Waals surface area contributed by atoms with Crippen molar-refractivity contribution < 1.29 is 9.13 Å². The number of nitriles is 1. The van der Waals surface area contributed by atoms with Crippen molar-refractivity contribution in [3.63, 3.8) is 0 Å². The van der Waals surface area contributed by atoms with Crippen molar-refractivity contribution in [2.75, 3.05) is 7.11 Å². The van der Waals surface area contributed by atoms with Gasteiger partial charge in [-0.25, -0.2) is 0 Å². The van der Waals surface area contributed by atoms with Crippen LogP contribution in [0, 0.1) is 11.3 Å². The maximum absolute atomic E-state index is 12.0. The van der Waals surface area contributed by atoms with Crippen molar-refractivity contribution in [1.29, 1.82) is 5.26 Å². The summed E-state index contributed by atoms with van der Waals surface area (Å²) >= 11 is 0. The van der Waals surface area contributed by atoms with Crippen LogP contribution in [0.15, 0.2) is 0 Å². The number of nitrogens with zero attached hydrogens (tertiary/aromatic N) is 1. The van der Waals surface area contributed by atoms with Gasteiger partial charge in [-0.1, -0.05) is 0 Å². The molecule has 0 aromatic heterocycles. The topological polar surface area (TPSA) is 33.0 Å². The Labute approximate surface area is 41.5 Å². The lowest BCUT2D eigenvalue weighted by Crippen LogP contribution is -2.16. The maximum atomic E-state index is 12.0. The third-order valence-corrected chi connectivity index (χ3v) is 0.583. The molecule has 0 N–H and O–H groups in total. The van der Waals surface area contributed by atoms with E-state index in [0.29, 0.717) is 0 Å². The molecule has 0 fully saturated rings. The van der Waals surface area contributed by atoms with Gasteiger partial charge in [-0.3, -0.25) is 0 Å². The first kappa shape index (κ1) is 6.38. The molecular weight excluding hydrogens is 97.0 g/mol. The van der Waals surface area contributed by atoms with Gasteiger partial charge in [-0.15, -0.1) is 0 Å². The van der Waals surface area contributed by atoms with E-state index >= 15 is 0 Å². The molecule has 0 aliphatic rings. The van der Waals surface area contributed by atoms with Crippen LogP contribution >= 0.6 is 0 Å². The number of ether oxygens (including phenoxy) is 1. The minimum Gasteiger partial charge on any atom is -0.338 e. The Morgan fingerprint density at radius 3 is 2.29 bits per heavy atom. The van der Waals surface area contributed by atoms with Crippen LogP contribution in [0.25, 0.3) is 0 Å². The Morgan fingerprint density at radius 2 is 2.29 bits per heavy atom. The van der Waals surface area contributed by atoms with Gasteiger partial charge in [0, 0.05) is 14.0 Å². The zero-order valence-corrected chi connectivity index (χ0v) is 4.23. The summed E-state index contributed by atoms with van der Waals surface area (Å²) in [5.41, 5.74) is 0. The molecule has 0 rings (SSSR count). The van der Waals surface area contributed by atoms with E-state index < -0.39 is 5.85 Å². The first-order chi connectivity index (χ1) is 3.12. The number of halogens is 1. The monoisotopic (exact) mass is 103 g/mol. The van der Waals surface area contributed by atoms with Crippen LogP contribution in [-0.2, 0) is 4.74 Å². The Balaban J connectivity index is 3.66. The minimum atomic E-state index is -2.11. The van der Waals surface area contributed by atoms with Gasteiger partial charge in [0.15, 0.2) is 0 Å². The van der Waals surface area contributed by atoms with E-state index in [1.165, 1.54) is 6.07 Å². The average molecular weight is 103 g/mol. The number of hydrogen-bond donors (Lipinski definition) is 0. The Bertz CT molecular complexity index is 94.4. The predicted molar refractivity (Wildman–Crippen MR) is 22.1 cm³/mol. The average Bonchev–Trinajstić information content (AvgIpc) is 1.68. The molecule has 0 spiro atoms. The van der Waals surface area contributed by atoms with Crippen LogP contribution in [0.1, 0.15) is 6.92 Å². The highest BCUT2D eigenvalue weighted by atomic mass is 19.2. The number of methoxy groups -OCH3 is 1. The van der Waals surface area contributed by atoms with E-state index in [-0.39, 0.29) is 0 Å². The summed E-state index contributed by atoms with van der Waals surface area (Å²) in [5.74, 6) is -2.11. The molecule has 0 aliphatic carbocycles. The van der Waals surface area contributed by atoms with Crippen LogP contribution in [0.4, 0.5) is 4.39 Å². The van der Waals surface area contributed by atoms with E-state index in [4.69, 9.17) is 5.26 Å². The van der Waals surface area contributed by atoms with Gasteiger partial charge in [-0.2, -0.15) is 9.65 Å². The van der Waals surface area contributed by atoms with E-state index in [1.54, 1.807) is 0 Å². The summed E-state index contributed by atoms with van der Waals surface area (Å²) in [4.78, 5) is 0. The molecule has 0 saturated heterocycles. The molecule has 0 bridgehead atoms. The number of rotatable bonds is 1. The van der Waals surface area contributed by atoms with Gasteiger partial charge in [0.05, 0.1) is 0 Å². The second-order valence-corrected chi connectivity index (χ2v) is 1.23. The van der Waals surface area contributed by atoms with Crippen molar-refractivity contribution in [3.8, 4) is 6.07 Å². The van der Waals surface area contributed by atoms with E-state index in [2.05, 4.69) is 4.74 Å². The Morgan fingerprint density at radius 1 is 1.86 bits per heavy atom. The second kappa shape index (κ2) is 1.90. The highest BCUT2D eigenvalue weighted by molar-refractivity contribution is 4.87. The SMILES string of the molecule is COC(C)(F)C#N. The van der Waals surface area contributed by atoms with Crippen molar-refractivity contribution in [2.24, 2.45) is 0 Å². The van der Waals surface area contributed by atoms with Crippen LogP contribution < -0.4 is 0 Å². The Kier molecular flexibility index (Phi) is 1.73. The van der Waals surface area contributed by atoms with Crippen molar-refractivity contribution in [3.05, 3.63) is 0 Å². The lowest BCUT2D eigenvalue weighted by molar-refractivity contribution is -0.0556. The van der Waals surface area contributed by atoms with Crippen molar-refractivity contribution in [2.45, 2.75) is 12.8 Å². The normalized spacial score (nSPS) is 17.4. The number of hydrogen-bond acceptors (Lipinski definition) is 2. The van der Waals surface area contributed by atoms with Crippen molar-refractivity contribution in [1.82, 2.24) is 0 Å². The largest absolute Gasteiger partial charge is 0.338 e. The molecule has 0 saturated carbocycles. The van der Waals surface area contributed by atoms with Gasteiger partial charge < -0.3 is 4.74 Å². The Hall–Kier alpha value is -0.620. The highest BCUT2D eigenvalue weighted by Crippen LogP contribution is 2.06.